The molecule has 0 spiro atoms. The molecule has 3 rings (SSSR count). The van der Waals surface area contributed by atoms with E-state index in [4.69, 9.17) is 5.73 Å². The third-order valence-electron chi connectivity index (χ3n) is 4.48. The zero-order chi connectivity index (χ0) is 13.5. The van der Waals surface area contributed by atoms with Gasteiger partial charge in [0.2, 0.25) is 0 Å². The van der Waals surface area contributed by atoms with Gasteiger partial charge < -0.3 is 10.6 Å². The molecular weight excluding hydrogens is 232 g/mol. The number of nitrogens with zero attached hydrogens (tertiary/aromatic N) is 1. The number of benzene rings is 2. The molecule has 0 aliphatic heterocycles. The van der Waals surface area contributed by atoms with Crippen LogP contribution in [0.5, 0.6) is 0 Å². The van der Waals surface area contributed by atoms with Crippen LogP contribution in [-0.4, -0.2) is 25.5 Å². The van der Waals surface area contributed by atoms with E-state index in [0.29, 0.717) is 11.5 Å². The predicted octanol–water partition coefficient (Wildman–Crippen LogP) is 3.18. The molecule has 1 aliphatic rings. The third-order valence-corrected chi connectivity index (χ3v) is 4.48. The Morgan fingerprint density at radius 1 is 1.11 bits per heavy atom. The van der Waals surface area contributed by atoms with Gasteiger partial charge in [0.25, 0.3) is 0 Å². The van der Waals surface area contributed by atoms with Gasteiger partial charge in [0, 0.05) is 11.5 Å². The lowest BCUT2D eigenvalue weighted by Crippen LogP contribution is -2.33. The van der Waals surface area contributed by atoms with E-state index in [-0.39, 0.29) is 0 Å². The lowest BCUT2D eigenvalue weighted by molar-refractivity contribution is 0.198. The molecule has 19 heavy (non-hydrogen) atoms. The van der Waals surface area contributed by atoms with Crippen LogP contribution in [0.25, 0.3) is 10.8 Å². The van der Waals surface area contributed by atoms with Crippen molar-refractivity contribution in [2.45, 2.75) is 18.9 Å². The maximum Gasteiger partial charge on any atom is 0.0410 e. The fourth-order valence-electron chi connectivity index (χ4n) is 3.33. The molecule has 1 aliphatic carbocycles. The van der Waals surface area contributed by atoms with Gasteiger partial charge in [-0.2, -0.15) is 0 Å². The van der Waals surface area contributed by atoms with Crippen LogP contribution in [0.15, 0.2) is 42.5 Å². The first-order valence-electron chi connectivity index (χ1n) is 7.01. The molecule has 2 N–H and O–H groups in total. The highest BCUT2D eigenvalue weighted by molar-refractivity contribution is 5.83. The van der Waals surface area contributed by atoms with Crippen molar-refractivity contribution in [3.8, 4) is 0 Å². The molecule has 1 fully saturated rings. The Bertz CT molecular complexity index is 585. The molecular formula is C17H22N2. The lowest BCUT2D eigenvalue weighted by Gasteiger charge is -2.32. The molecule has 100 valence electrons. The fraction of sp³-hybridized carbons (Fsp3) is 0.412. The standard InChI is InChI=1S/C17H22N2/c1-19(2)16(17(12-18)9-10-17)15-8-7-13-5-3-4-6-14(13)11-15/h3-8,11,16H,9-10,12,18H2,1-2H3. The fourth-order valence-corrected chi connectivity index (χ4v) is 3.33. The topological polar surface area (TPSA) is 29.3 Å². The van der Waals surface area contributed by atoms with Crippen LogP contribution in [0.2, 0.25) is 0 Å². The van der Waals surface area contributed by atoms with Crippen LogP contribution in [0, 0.1) is 5.41 Å². The summed E-state index contributed by atoms with van der Waals surface area (Å²) in [4.78, 5) is 2.32. The minimum Gasteiger partial charge on any atom is -0.330 e. The summed E-state index contributed by atoms with van der Waals surface area (Å²) in [7, 11) is 4.32. The minimum atomic E-state index is 0.298. The molecule has 0 heterocycles. The molecule has 0 saturated heterocycles. The van der Waals surface area contributed by atoms with Crippen LogP contribution in [0.3, 0.4) is 0 Å². The van der Waals surface area contributed by atoms with Crippen molar-refractivity contribution in [3.63, 3.8) is 0 Å². The highest BCUT2D eigenvalue weighted by Gasteiger charge is 2.49. The first-order chi connectivity index (χ1) is 9.16. The number of fused-ring (bicyclic) bond motifs is 1. The van der Waals surface area contributed by atoms with Gasteiger partial charge in [-0.25, -0.2) is 0 Å². The summed E-state index contributed by atoms with van der Waals surface area (Å²) in [6.07, 6.45) is 2.50. The van der Waals surface area contributed by atoms with Crippen LogP contribution in [0.4, 0.5) is 0 Å². The Morgan fingerprint density at radius 2 is 1.79 bits per heavy atom. The van der Waals surface area contributed by atoms with E-state index in [9.17, 15) is 0 Å². The SMILES string of the molecule is CN(C)C(c1ccc2ccccc2c1)C1(CN)CC1. The van der Waals surface area contributed by atoms with Gasteiger partial charge in [0.05, 0.1) is 0 Å². The number of hydrogen-bond acceptors (Lipinski definition) is 2. The molecule has 2 heteroatoms. The number of rotatable bonds is 4. The van der Waals surface area contributed by atoms with Gasteiger partial charge in [-0.3, -0.25) is 0 Å². The van der Waals surface area contributed by atoms with E-state index in [2.05, 4.69) is 61.5 Å². The van der Waals surface area contributed by atoms with E-state index in [0.717, 1.165) is 6.54 Å². The average Bonchev–Trinajstić information content (AvgIpc) is 3.19. The van der Waals surface area contributed by atoms with Gasteiger partial charge in [0.15, 0.2) is 0 Å². The van der Waals surface area contributed by atoms with Crippen LogP contribution >= 0.6 is 0 Å². The Hall–Kier alpha value is -1.38. The molecule has 2 nitrogen and oxygen atoms in total. The molecule has 2 aromatic rings. The van der Waals surface area contributed by atoms with Crippen LogP contribution in [0.1, 0.15) is 24.4 Å². The van der Waals surface area contributed by atoms with Crippen molar-refractivity contribution in [3.05, 3.63) is 48.0 Å². The first kappa shape index (κ1) is 12.6. The minimum absolute atomic E-state index is 0.298. The summed E-state index contributed by atoms with van der Waals surface area (Å²) in [5.74, 6) is 0. The first-order valence-corrected chi connectivity index (χ1v) is 7.01. The van der Waals surface area contributed by atoms with Crippen molar-refractivity contribution >= 4 is 10.8 Å². The summed E-state index contributed by atoms with van der Waals surface area (Å²) in [6.45, 7) is 0.780. The van der Waals surface area contributed by atoms with E-state index in [1.54, 1.807) is 0 Å². The van der Waals surface area contributed by atoms with Crippen molar-refractivity contribution in [2.75, 3.05) is 20.6 Å². The normalized spacial score (nSPS) is 18.7. The van der Waals surface area contributed by atoms with Crippen molar-refractivity contribution in [2.24, 2.45) is 11.1 Å². The summed E-state index contributed by atoms with van der Waals surface area (Å²) >= 11 is 0. The largest absolute Gasteiger partial charge is 0.330 e. The molecule has 0 bridgehead atoms. The number of hydrogen-bond donors (Lipinski definition) is 1. The molecule has 0 amide bonds. The Morgan fingerprint density at radius 3 is 2.37 bits per heavy atom. The molecule has 1 unspecified atom stereocenters. The van der Waals surface area contributed by atoms with Gasteiger partial charge in [-0.1, -0.05) is 36.4 Å². The van der Waals surface area contributed by atoms with Crippen molar-refractivity contribution in [1.82, 2.24) is 4.90 Å². The highest BCUT2D eigenvalue weighted by atomic mass is 15.1. The zero-order valence-electron chi connectivity index (χ0n) is 11.8. The summed E-state index contributed by atoms with van der Waals surface area (Å²) in [5.41, 5.74) is 7.72. The Labute approximate surface area is 115 Å². The van der Waals surface area contributed by atoms with Crippen molar-refractivity contribution < 1.29 is 0 Å². The van der Waals surface area contributed by atoms with Gasteiger partial charge in [0.1, 0.15) is 0 Å². The zero-order valence-corrected chi connectivity index (χ0v) is 11.8. The van der Waals surface area contributed by atoms with E-state index < -0.39 is 0 Å². The predicted molar refractivity (Wildman–Crippen MR) is 81.1 cm³/mol. The van der Waals surface area contributed by atoms with Crippen molar-refractivity contribution in [1.29, 1.82) is 0 Å². The highest BCUT2D eigenvalue weighted by Crippen LogP contribution is 2.56. The lowest BCUT2D eigenvalue weighted by atomic mass is 9.88. The maximum absolute atomic E-state index is 6.03. The van der Waals surface area contributed by atoms with Crippen LogP contribution < -0.4 is 5.73 Å². The maximum atomic E-state index is 6.03. The van der Waals surface area contributed by atoms with Gasteiger partial charge >= 0.3 is 0 Å². The average molecular weight is 254 g/mol. The summed E-state index contributed by atoms with van der Waals surface area (Å²) in [6, 6.07) is 15.8. The molecule has 1 atom stereocenters. The summed E-state index contributed by atoms with van der Waals surface area (Å²) in [5, 5.41) is 2.63. The summed E-state index contributed by atoms with van der Waals surface area (Å²) < 4.78 is 0. The molecule has 2 aromatic carbocycles. The second kappa shape index (κ2) is 4.62. The molecule has 1 saturated carbocycles. The van der Waals surface area contributed by atoms with Gasteiger partial charge in [-0.15, -0.1) is 0 Å². The Balaban J connectivity index is 2.05. The van der Waals surface area contributed by atoms with E-state index in [1.807, 2.05) is 0 Å². The van der Waals surface area contributed by atoms with Crippen LogP contribution in [-0.2, 0) is 0 Å². The third kappa shape index (κ3) is 2.15. The smallest absolute Gasteiger partial charge is 0.0410 e. The quantitative estimate of drug-likeness (QED) is 0.908. The number of nitrogens with two attached hydrogens (primary N) is 1. The second-order valence-electron chi connectivity index (χ2n) is 6.04. The Kier molecular flexibility index (Phi) is 3.08. The molecule has 0 aromatic heterocycles. The van der Waals surface area contributed by atoms with E-state index >= 15 is 0 Å². The van der Waals surface area contributed by atoms with E-state index in [1.165, 1.54) is 29.2 Å². The molecule has 0 radical (unpaired) electrons. The monoisotopic (exact) mass is 254 g/mol. The second-order valence-corrected chi connectivity index (χ2v) is 6.04. The van der Waals surface area contributed by atoms with Gasteiger partial charge in [-0.05, 0) is 55.9 Å².